The summed E-state index contributed by atoms with van der Waals surface area (Å²) in [5.41, 5.74) is 2.87. The molecular weight excluding hydrogens is 414 g/mol. The van der Waals surface area contributed by atoms with E-state index in [1.54, 1.807) is 24.3 Å². The van der Waals surface area contributed by atoms with Gasteiger partial charge >= 0.3 is 0 Å². The van der Waals surface area contributed by atoms with Crippen molar-refractivity contribution in [1.82, 2.24) is 10.2 Å². The SMILES string of the molecule is CCOc1cc(/C=C2/NC(=S)N(CC)C2=O)ccc1OCC(=O)Nc1ccccc1C. The summed E-state index contributed by atoms with van der Waals surface area (Å²) in [5.74, 6) is 0.497. The summed E-state index contributed by atoms with van der Waals surface area (Å²) < 4.78 is 11.4. The number of nitrogens with zero attached hydrogens (tertiary/aromatic N) is 1. The molecule has 0 spiro atoms. The van der Waals surface area contributed by atoms with Crippen molar-refractivity contribution in [2.45, 2.75) is 20.8 Å². The van der Waals surface area contributed by atoms with Gasteiger partial charge in [0.2, 0.25) is 0 Å². The van der Waals surface area contributed by atoms with E-state index in [0.29, 0.717) is 35.5 Å². The van der Waals surface area contributed by atoms with Gasteiger partial charge in [-0.05, 0) is 68.4 Å². The van der Waals surface area contributed by atoms with E-state index < -0.39 is 0 Å². The van der Waals surface area contributed by atoms with E-state index in [2.05, 4.69) is 10.6 Å². The van der Waals surface area contributed by atoms with E-state index in [-0.39, 0.29) is 18.4 Å². The average Bonchev–Trinajstić information content (AvgIpc) is 3.01. The van der Waals surface area contributed by atoms with Gasteiger partial charge in [-0.1, -0.05) is 24.3 Å². The van der Waals surface area contributed by atoms with Crippen molar-refractivity contribution in [2.75, 3.05) is 25.1 Å². The van der Waals surface area contributed by atoms with Crippen molar-refractivity contribution in [3.63, 3.8) is 0 Å². The fourth-order valence-electron chi connectivity index (χ4n) is 3.07. The Balaban J connectivity index is 1.71. The van der Waals surface area contributed by atoms with Gasteiger partial charge in [-0.25, -0.2) is 0 Å². The molecule has 7 nitrogen and oxygen atoms in total. The van der Waals surface area contributed by atoms with Crippen LogP contribution in [0.2, 0.25) is 0 Å². The Labute approximate surface area is 187 Å². The smallest absolute Gasteiger partial charge is 0.276 e. The Morgan fingerprint density at radius 1 is 1.16 bits per heavy atom. The lowest BCUT2D eigenvalue weighted by Gasteiger charge is -2.13. The molecular formula is C23H25N3O4S. The molecule has 0 radical (unpaired) electrons. The van der Waals surface area contributed by atoms with Gasteiger partial charge in [-0.2, -0.15) is 0 Å². The predicted molar refractivity (Wildman–Crippen MR) is 124 cm³/mol. The quantitative estimate of drug-likeness (QED) is 0.484. The zero-order valence-corrected chi connectivity index (χ0v) is 18.5. The molecule has 0 aromatic heterocycles. The first-order chi connectivity index (χ1) is 14.9. The van der Waals surface area contributed by atoms with Gasteiger partial charge in [0.1, 0.15) is 5.70 Å². The van der Waals surface area contributed by atoms with Crippen molar-refractivity contribution in [3.05, 3.63) is 59.3 Å². The summed E-state index contributed by atoms with van der Waals surface area (Å²) in [6.45, 7) is 6.42. The number of carbonyl (C=O) groups excluding carboxylic acids is 2. The number of hydrogen-bond donors (Lipinski definition) is 2. The predicted octanol–water partition coefficient (Wildman–Crippen LogP) is 3.49. The zero-order chi connectivity index (χ0) is 22.4. The van der Waals surface area contributed by atoms with E-state index in [0.717, 1.165) is 16.8 Å². The number of benzene rings is 2. The van der Waals surface area contributed by atoms with Gasteiger partial charge in [0.05, 0.1) is 6.61 Å². The van der Waals surface area contributed by atoms with Crippen LogP contribution < -0.4 is 20.1 Å². The highest BCUT2D eigenvalue weighted by atomic mass is 32.1. The first kappa shape index (κ1) is 22.3. The van der Waals surface area contributed by atoms with E-state index in [1.165, 1.54) is 4.90 Å². The van der Waals surface area contributed by atoms with E-state index in [4.69, 9.17) is 21.7 Å². The first-order valence-corrected chi connectivity index (χ1v) is 10.4. The van der Waals surface area contributed by atoms with E-state index >= 15 is 0 Å². The molecule has 0 unspecified atom stereocenters. The molecule has 3 rings (SSSR count). The van der Waals surface area contributed by atoms with Crippen molar-refractivity contribution < 1.29 is 19.1 Å². The summed E-state index contributed by atoms with van der Waals surface area (Å²) in [6, 6.07) is 12.8. The molecule has 1 fully saturated rings. The third kappa shape index (κ3) is 5.40. The number of carbonyl (C=O) groups is 2. The van der Waals surface area contributed by atoms with Crippen LogP contribution in [0.25, 0.3) is 6.08 Å². The van der Waals surface area contributed by atoms with Gasteiger partial charge in [0.25, 0.3) is 11.8 Å². The summed E-state index contributed by atoms with van der Waals surface area (Å²) in [4.78, 5) is 26.2. The Morgan fingerprint density at radius 3 is 2.61 bits per heavy atom. The van der Waals surface area contributed by atoms with Crippen LogP contribution in [0.15, 0.2) is 48.2 Å². The van der Waals surface area contributed by atoms with Crippen LogP contribution in [-0.4, -0.2) is 41.6 Å². The van der Waals surface area contributed by atoms with Crippen LogP contribution >= 0.6 is 12.2 Å². The van der Waals surface area contributed by atoms with E-state index in [9.17, 15) is 9.59 Å². The topological polar surface area (TPSA) is 79.9 Å². The molecule has 31 heavy (non-hydrogen) atoms. The molecule has 1 aliphatic heterocycles. The standard InChI is InChI=1S/C23H25N3O4S/c1-4-26-22(28)18(25-23(26)31)12-16-10-11-19(20(13-16)29-5-2)30-14-21(27)24-17-9-7-6-8-15(17)3/h6-13H,4-5,14H2,1-3H3,(H,24,27)(H,25,31)/b18-12+. The second-order valence-electron chi connectivity index (χ2n) is 6.83. The number of para-hydroxylation sites is 1. The fraction of sp³-hybridized carbons (Fsp3) is 0.261. The third-order valence-corrected chi connectivity index (χ3v) is 4.96. The molecule has 0 saturated carbocycles. The summed E-state index contributed by atoms with van der Waals surface area (Å²) in [5, 5.41) is 6.16. The molecule has 1 saturated heterocycles. The number of aryl methyl sites for hydroxylation is 1. The minimum absolute atomic E-state index is 0.158. The molecule has 2 aromatic carbocycles. The molecule has 0 bridgehead atoms. The molecule has 0 aliphatic carbocycles. The van der Waals surface area contributed by atoms with Crippen LogP contribution in [0.5, 0.6) is 11.5 Å². The van der Waals surface area contributed by atoms with Crippen LogP contribution in [0.3, 0.4) is 0 Å². The fourth-order valence-corrected chi connectivity index (χ4v) is 3.39. The number of likely N-dealkylation sites (N-methyl/N-ethyl adjacent to an activating group) is 1. The van der Waals surface area contributed by atoms with Crippen molar-refractivity contribution in [3.8, 4) is 11.5 Å². The molecule has 0 atom stereocenters. The molecule has 2 aromatic rings. The van der Waals surface area contributed by atoms with Gasteiger partial charge < -0.3 is 20.1 Å². The minimum atomic E-state index is -0.267. The molecule has 1 aliphatic rings. The summed E-state index contributed by atoms with van der Waals surface area (Å²) >= 11 is 5.18. The van der Waals surface area contributed by atoms with Gasteiger partial charge in [-0.15, -0.1) is 0 Å². The highest BCUT2D eigenvalue weighted by Gasteiger charge is 2.29. The maximum Gasteiger partial charge on any atom is 0.276 e. The lowest BCUT2D eigenvalue weighted by atomic mass is 10.1. The van der Waals surface area contributed by atoms with Crippen molar-refractivity contribution in [1.29, 1.82) is 0 Å². The third-order valence-electron chi connectivity index (χ3n) is 4.64. The second-order valence-corrected chi connectivity index (χ2v) is 7.22. The maximum atomic E-state index is 12.4. The van der Waals surface area contributed by atoms with Gasteiger partial charge in [0, 0.05) is 12.2 Å². The highest BCUT2D eigenvalue weighted by Crippen LogP contribution is 2.30. The summed E-state index contributed by atoms with van der Waals surface area (Å²) in [7, 11) is 0. The number of amides is 2. The Bertz CT molecular complexity index is 1040. The molecule has 1 heterocycles. The molecule has 2 N–H and O–H groups in total. The Morgan fingerprint density at radius 2 is 1.94 bits per heavy atom. The number of thiocarbonyl (C=S) groups is 1. The first-order valence-electron chi connectivity index (χ1n) is 10.0. The second kappa shape index (κ2) is 10.1. The monoisotopic (exact) mass is 439 g/mol. The number of nitrogens with one attached hydrogen (secondary N) is 2. The van der Waals surface area contributed by atoms with Gasteiger partial charge in [0.15, 0.2) is 23.2 Å². The number of hydrogen-bond acceptors (Lipinski definition) is 5. The molecule has 8 heteroatoms. The van der Waals surface area contributed by atoms with Crippen LogP contribution in [0.4, 0.5) is 5.69 Å². The molecule has 2 amide bonds. The van der Waals surface area contributed by atoms with Crippen LogP contribution in [0, 0.1) is 6.92 Å². The highest BCUT2D eigenvalue weighted by molar-refractivity contribution is 7.80. The number of rotatable bonds is 8. The largest absolute Gasteiger partial charge is 0.490 e. The van der Waals surface area contributed by atoms with Crippen molar-refractivity contribution in [2.24, 2.45) is 0 Å². The normalized spacial score (nSPS) is 14.5. The Hall–Kier alpha value is -3.39. The Kier molecular flexibility index (Phi) is 7.25. The number of ether oxygens (including phenoxy) is 2. The minimum Gasteiger partial charge on any atom is -0.490 e. The average molecular weight is 440 g/mol. The summed E-state index contributed by atoms with van der Waals surface area (Å²) in [6.07, 6.45) is 1.71. The molecule has 162 valence electrons. The zero-order valence-electron chi connectivity index (χ0n) is 17.7. The van der Waals surface area contributed by atoms with E-state index in [1.807, 2.05) is 45.0 Å². The van der Waals surface area contributed by atoms with Crippen LogP contribution in [-0.2, 0) is 9.59 Å². The van der Waals surface area contributed by atoms with Gasteiger partial charge in [-0.3, -0.25) is 14.5 Å². The maximum absolute atomic E-state index is 12.4. The van der Waals surface area contributed by atoms with Crippen LogP contribution in [0.1, 0.15) is 25.0 Å². The lowest BCUT2D eigenvalue weighted by molar-refractivity contribution is -0.122. The van der Waals surface area contributed by atoms with Crippen molar-refractivity contribution >= 4 is 40.9 Å². The number of anilines is 1. The lowest BCUT2D eigenvalue weighted by Crippen LogP contribution is -2.30.